The van der Waals surface area contributed by atoms with E-state index in [4.69, 9.17) is 19.2 Å². The van der Waals surface area contributed by atoms with E-state index >= 15 is 0 Å². The molecule has 10 heteroatoms. The fourth-order valence-electron chi connectivity index (χ4n) is 0. The van der Waals surface area contributed by atoms with Crippen LogP contribution in [-0.2, 0) is 13.8 Å². The van der Waals surface area contributed by atoms with Crippen molar-refractivity contribution in [2.45, 2.75) is 0 Å². The molecule has 0 radical (unpaired) electrons. The van der Waals surface area contributed by atoms with Crippen LogP contribution in [0.3, 0.4) is 0 Å². The van der Waals surface area contributed by atoms with Crippen LogP contribution in [-0.4, -0.2) is 14.7 Å². The Morgan fingerprint density at radius 3 is 1.60 bits per heavy atom. The Bertz CT molecular complexity index is 133. The molecule has 0 fully saturated rings. The SMILES string of the molecule is NOP(N)(=O)O.O=[PH](O)O. The van der Waals surface area contributed by atoms with Gasteiger partial charge in [-0.3, -0.25) is 4.57 Å². The molecular weight excluding hydrogens is 186 g/mol. The van der Waals surface area contributed by atoms with Crippen molar-refractivity contribution in [1.82, 2.24) is 0 Å². The highest BCUT2D eigenvalue weighted by Gasteiger charge is 2.05. The van der Waals surface area contributed by atoms with Crippen LogP contribution < -0.4 is 11.4 Å². The fourth-order valence-corrected chi connectivity index (χ4v) is 0. The van der Waals surface area contributed by atoms with Crippen LogP contribution >= 0.6 is 16.0 Å². The molecule has 0 aliphatic rings. The minimum Gasteiger partial charge on any atom is -0.326 e. The van der Waals surface area contributed by atoms with Crippen molar-refractivity contribution in [3.8, 4) is 0 Å². The Labute approximate surface area is 56.9 Å². The van der Waals surface area contributed by atoms with Crippen molar-refractivity contribution in [2.75, 3.05) is 0 Å². The molecule has 0 aromatic heterocycles. The minimum atomic E-state index is -3.87. The normalized spacial score (nSPS) is 15.4. The van der Waals surface area contributed by atoms with E-state index in [1.807, 2.05) is 0 Å². The van der Waals surface area contributed by atoms with Gasteiger partial charge in [-0.2, -0.15) is 0 Å². The number of rotatable bonds is 1. The molecule has 0 aliphatic heterocycles. The molecule has 0 saturated heterocycles. The summed E-state index contributed by atoms with van der Waals surface area (Å²) in [6, 6.07) is 0. The average molecular weight is 194 g/mol. The zero-order chi connectivity index (χ0) is 8.78. The minimum absolute atomic E-state index is 3.13. The summed E-state index contributed by atoms with van der Waals surface area (Å²) in [4.78, 5) is 22.1. The highest BCUT2D eigenvalue weighted by molar-refractivity contribution is 7.50. The number of nitrogens with two attached hydrogens (primary N) is 2. The maximum absolute atomic E-state index is 9.57. The van der Waals surface area contributed by atoms with Gasteiger partial charge in [0.15, 0.2) is 0 Å². The molecule has 0 bridgehead atoms. The third-order valence-corrected chi connectivity index (χ3v) is 0.453. The van der Waals surface area contributed by atoms with Crippen LogP contribution in [0.2, 0.25) is 0 Å². The van der Waals surface area contributed by atoms with E-state index in [1.54, 1.807) is 0 Å². The zero-order valence-electron chi connectivity index (χ0n) is 4.67. The summed E-state index contributed by atoms with van der Waals surface area (Å²) in [6.07, 6.45) is 0. The molecule has 0 aliphatic carbocycles. The lowest BCUT2D eigenvalue weighted by Gasteiger charge is -1.94. The number of hydrogen-bond donors (Lipinski definition) is 5. The molecule has 0 aromatic rings. The summed E-state index contributed by atoms with van der Waals surface area (Å²) < 4.78 is 21.6. The molecular formula is H8N2O6P2. The topological polar surface area (TPSA) is 156 Å². The summed E-state index contributed by atoms with van der Waals surface area (Å²) in [6.45, 7) is 0. The van der Waals surface area contributed by atoms with Gasteiger partial charge in [-0.1, -0.05) is 0 Å². The molecule has 8 nitrogen and oxygen atoms in total. The first-order valence-electron chi connectivity index (χ1n) is 1.71. The Morgan fingerprint density at radius 1 is 1.50 bits per heavy atom. The Kier molecular flexibility index (Phi) is 7.67. The van der Waals surface area contributed by atoms with Crippen molar-refractivity contribution >= 4 is 16.0 Å². The summed E-state index contributed by atoms with van der Waals surface area (Å²) in [5.41, 5.74) is 4.30. The summed E-state index contributed by atoms with van der Waals surface area (Å²) >= 11 is 0. The van der Waals surface area contributed by atoms with Crippen molar-refractivity contribution in [1.29, 1.82) is 0 Å². The first-order chi connectivity index (χ1) is 4.29. The molecule has 10 heavy (non-hydrogen) atoms. The number of hydrogen-bond acceptors (Lipinski definition) is 4. The van der Waals surface area contributed by atoms with Crippen LogP contribution in [0.1, 0.15) is 0 Å². The Balaban J connectivity index is 0. The molecule has 0 amide bonds. The second-order valence-electron chi connectivity index (χ2n) is 0.952. The van der Waals surface area contributed by atoms with Gasteiger partial charge in [0.05, 0.1) is 0 Å². The lowest BCUT2D eigenvalue weighted by molar-refractivity contribution is 0.269. The maximum Gasteiger partial charge on any atom is 0.416 e. The van der Waals surface area contributed by atoms with Crippen molar-refractivity contribution in [3.05, 3.63) is 0 Å². The van der Waals surface area contributed by atoms with Gasteiger partial charge in [0, 0.05) is 0 Å². The van der Waals surface area contributed by atoms with Gasteiger partial charge in [-0.15, -0.1) is 0 Å². The van der Waals surface area contributed by atoms with Gasteiger partial charge in [0.2, 0.25) is 0 Å². The monoisotopic (exact) mass is 194 g/mol. The van der Waals surface area contributed by atoms with Gasteiger partial charge in [-0.05, 0) is 0 Å². The summed E-state index contributed by atoms with van der Waals surface area (Å²) in [5.74, 6) is 4.17. The highest BCUT2D eigenvalue weighted by Crippen LogP contribution is 2.26. The Hall–Kier alpha value is 0.220. The van der Waals surface area contributed by atoms with E-state index in [0.717, 1.165) is 0 Å². The fraction of sp³-hybridized carbons (Fsp3) is 0. The summed E-state index contributed by atoms with van der Waals surface area (Å²) in [5, 5.41) is 0. The third-order valence-electron chi connectivity index (χ3n) is 0.151. The molecule has 1 atom stereocenters. The predicted octanol–water partition coefficient (Wildman–Crippen LogP) is -1.70. The largest absolute Gasteiger partial charge is 0.416 e. The van der Waals surface area contributed by atoms with E-state index in [9.17, 15) is 4.57 Å². The molecule has 64 valence electrons. The van der Waals surface area contributed by atoms with E-state index < -0.39 is 16.0 Å². The summed E-state index contributed by atoms with van der Waals surface area (Å²) in [7, 11) is -7.00. The van der Waals surface area contributed by atoms with E-state index in [1.165, 1.54) is 0 Å². The van der Waals surface area contributed by atoms with Crippen LogP contribution in [0.5, 0.6) is 0 Å². The zero-order valence-corrected chi connectivity index (χ0v) is 6.56. The quantitative estimate of drug-likeness (QED) is 0.244. The predicted molar refractivity (Wildman–Crippen MR) is 32.7 cm³/mol. The van der Waals surface area contributed by atoms with Gasteiger partial charge in [0.25, 0.3) is 0 Å². The highest BCUT2D eigenvalue weighted by atomic mass is 31.2. The van der Waals surface area contributed by atoms with Gasteiger partial charge in [-0.25, -0.2) is 20.6 Å². The molecule has 7 N–H and O–H groups in total. The van der Waals surface area contributed by atoms with Crippen LogP contribution in [0.15, 0.2) is 0 Å². The van der Waals surface area contributed by atoms with Gasteiger partial charge in [0.1, 0.15) is 0 Å². The molecule has 0 rings (SSSR count). The first kappa shape index (κ1) is 12.9. The lowest BCUT2D eigenvalue weighted by Crippen LogP contribution is -2.02. The second kappa shape index (κ2) is 5.96. The van der Waals surface area contributed by atoms with Gasteiger partial charge >= 0.3 is 16.0 Å². The van der Waals surface area contributed by atoms with E-state index in [0.29, 0.717) is 0 Å². The van der Waals surface area contributed by atoms with Crippen LogP contribution in [0, 0.1) is 0 Å². The van der Waals surface area contributed by atoms with Crippen LogP contribution in [0.25, 0.3) is 0 Å². The Morgan fingerprint density at radius 2 is 1.60 bits per heavy atom. The lowest BCUT2D eigenvalue weighted by atomic mass is 13.6. The van der Waals surface area contributed by atoms with Crippen molar-refractivity contribution in [2.24, 2.45) is 11.4 Å². The van der Waals surface area contributed by atoms with Gasteiger partial charge < -0.3 is 14.7 Å². The maximum atomic E-state index is 9.57. The molecule has 0 saturated carbocycles. The van der Waals surface area contributed by atoms with Crippen molar-refractivity contribution in [3.63, 3.8) is 0 Å². The second-order valence-corrected chi connectivity index (χ2v) is 2.86. The molecule has 0 spiro atoms. The first-order valence-corrected chi connectivity index (χ1v) is 4.66. The average Bonchev–Trinajstić information content (AvgIpc) is 1.63. The molecule has 1 unspecified atom stereocenters. The third kappa shape index (κ3) is 41.3. The molecule has 0 aromatic carbocycles. The van der Waals surface area contributed by atoms with E-state index in [2.05, 4.69) is 16.0 Å². The molecule has 0 heterocycles. The van der Waals surface area contributed by atoms with E-state index in [-0.39, 0.29) is 0 Å². The standard InChI is InChI=1S/H5N2O3P.H3O3P/c1-5-6(2,3)4;1-4(2)3/h1H2,(H3,2,3,4);4H,(H2,1,2,3). The van der Waals surface area contributed by atoms with Crippen LogP contribution in [0.4, 0.5) is 0 Å². The smallest absolute Gasteiger partial charge is 0.326 e. The van der Waals surface area contributed by atoms with Crippen molar-refractivity contribution < 1.29 is 28.4 Å².